The maximum absolute atomic E-state index is 11.9. The van der Waals surface area contributed by atoms with Crippen LogP contribution in [0, 0.1) is 0 Å². The first-order chi connectivity index (χ1) is 11.2. The summed E-state index contributed by atoms with van der Waals surface area (Å²) in [5, 5.41) is 5.56. The molecule has 0 saturated carbocycles. The summed E-state index contributed by atoms with van der Waals surface area (Å²) in [6, 6.07) is 7.68. The topological polar surface area (TPSA) is 85.2 Å². The highest BCUT2D eigenvalue weighted by molar-refractivity contribution is 5.81. The van der Waals surface area contributed by atoms with E-state index in [2.05, 4.69) is 15.6 Å². The first-order valence-electron chi connectivity index (χ1n) is 7.62. The number of likely N-dealkylation sites (N-methyl/N-ethyl adjacent to an activating group) is 1. The van der Waals surface area contributed by atoms with Gasteiger partial charge in [-0.3, -0.25) is 9.59 Å². The maximum atomic E-state index is 11.9. The van der Waals surface area contributed by atoms with E-state index < -0.39 is 0 Å². The van der Waals surface area contributed by atoms with Crippen LogP contribution in [0.15, 0.2) is 24.3 Å². The first kappa shape index (κ1) is 17.0. The van der Waals surface area contributed by atoms with E-state index >= 15 is 0 Å². The van der Waals surface area contributed by atoms with E-state index in [1.54, 1.807) is 0 Å². The van der Waals surface area contributed by atoms with E-state index in [0.29, 0.717) is 19.5 Å². The number of carbonyl (C=O) groups is 2. The smallest absolute Gasteiger partial charge is 0.245 e. The van der Waals surface area contributed by atoms with Crippen molar-refractivity contribution < 1.29 is 14.3 Å². The Balaban J connectivity index is 2.14. The lowest BCUT2D eigenvalue weighted by atomic mass is 10.3. The van der Waals surface area contributed by atoms with Crippen LogP contribution >= 0.6 is 0 Å². The molecule has 0 unspecified atom stereocenters. The number of para-hydroxylation sites is 2. The van der Waals surface area contributed by atoms with Crippen LogP contribution in [0.5, 0.6) is 0 Å². The SMILES string of the molecule is CCNC(=O)Cn1c(CCNC(=O)COC)nc2ccccc21. The second kappa shape index (κ2) is 8.28. The van der Waals surface area contributed by atoms with E-state index in [1.165, 1.54) is 7.11 Å². The summed E-state index contributed by atoms with van der Waals surface area (Å²) < 4.78 is 6.66. The summed E-state index contributed by atoms with van der Waals surface area (Å²) >= 11 is 0. The molecule has 124 valence electrons. The van der Waals surface area contributed by atoms with Crippen molar-refractivity contribution in [1.82, 2.24) is 20.2 Å². The second-order valence-electron chi connectivity index (χ2n) is 5.09. The zero-order valence-corrected chi connectivity index (χ0v) is 13.5. The Morgan fingerprint density at radius 3 is 2.74 bits per heavy atom. The highest BCUT2D eigenvalue weighted by Crippen LogP contribution is 2.16. The second-order valence-corrected chi connectivity index (χ2v) is 5.09. The number of nitrogens with one attached hydrogen (secondary N) is 2. The maximum Gasteiger partial charge on any atom is 0.245 e. The number of rotatable bonds is 8. The number of amides is 2. The van der Waals surface area contributed by atoms with Crippen molar-refractivity contribution in [3.63, 3.8) is 0 Å². The third-order valence-electron chi connectivity index (χ3n) is 3.36. The van der Waals surface area contributed by atoms with Crippen LogP contribution in [-0.2, 0) is 27.3 Å². The highest BCUT2D eigenvalue weighted by atomic mass is 16.5. The molecule has 0 aliphatic carbocycles. The number of imidazole rings is 1. The van der Waals surface area contributed by atoms with Crippen LogP contribution in [0.4, 0.5) is 0 Å². The molecule has 0 saturated heterocycles. The molecule has 0 spiro atoms. The van der Waals surface area contributed by atoms with Crippen molar-refractivity contribution in [2.45, 2.75) is 19.9 Å². The molecular weight excluding hydrogens is 296 g/mol. The summed E-state index contributed by atoms with van der Waals surface area (Å²) in [7, 11) is 1.48. The number of methoxy groups -OCH3 is 1. The number of nitrogens with zero attached hydrogens (tertiary/aromatic N) is 2. The highest BCUT2D eigenvalue weighted by Gasteiger charge is 2.13. The van der Waals surface area contributed by atoms with E-state index in [9.17, 15) is 9.59 Å². The summed E-state index contributed by atoms with van der Waals surface area (Å²) in [6.07, 6.45) is 0.545. The number of hydrogen-bond donors (Lipinski definition) is 2. The van der Waals surface area contributed by atoms with E-state index in [4.69, 9.17) is 4.74 Å². The molecule has 0 fully saturated rings. The van der Waals surface area contributed by atoms with E-state index in [0.717, 1.165) is 16.9 Å². The van der Waals surface area contributed by atoms with Gasteiger partial charge in [-0.25, -0.2) is 4.98 Å². The average molecular weight is 318 g/mol. The minimum Gasteiger partial charge on any atom is -0.375 e. The Kier molecular flexibility index (Phi) is 6.10. The quantitative estimate of drug-likeness (QED) is 0.741. The van der Waals surface area contributed by atoms with Crippen LogP contribution in [-0.4, -0.2) is 48.2 Å². The largest absolute Gasteiger partial charge is 0.375 e. The molecule has 2 aromatic rings. The van der Waals surface area contributed by atoms with Gasteiger partial charge < -0.3 is 19.9 Å². The van der Waals surface area contributed by atoms with Crippen LogP contribution in [0.1, 0.15) is 12.7 Å². The number of ether oxygens (including phenoxy) is 1. The van der Waals surface area contributed by atoms with Crippen LogP contribution < -0.4 is 10.6 Å². The Labute approximate surface area is 135 Å². The lowest BCUT2D eigenvalue weighted by Gasteiger charge is -2.09. The molecule has 2 N–H and O–H groups in total. The molecule has 0 aliphatic rings. The molecule has 7 heteroatoms. The third kappa shape index (κ3) is 4.53. The van der Waals surface area contributed by atoms with Gasteiger partial charge >= 0.3 is 0 Å². The standard InChI is InChI=1S/C16H22N4O3/c1-3-17-15(21)10-20-13-7-5-4-6-12(13)19-14(20)8-9-18-16(22)11-23-2/h4-7H,3,8-11H2,1-2H3,(H,17,21)(H,18,22). The van der Waals surface area contributed by atoms with Gasteiger partial charge in [0.05, 0.1) is 11.0 Å². The molecule has 1 aromatic heterocycles. The van der Waals surface area contributed by atoms with Gasteiger partial charge in [-0.1, -0.05) is 12.1 Å². The first-order valence-corrected chi connectivity index (χ1v) is 7.62. The van der Waals surface area contributed by atoms with Gasteiger partial charge in [0.1, 0.15) is 19.0 Å². The van der Waals surface area contributed by atoms with Crippen LogP contribution in [0.3, 0.4) is 0 Å². The molecular formula is C16H22N4O3. The molecule has 0 bridgehead atoms. The fourth-order valence-electron chi connectivity index (χ4n) is 2.39. The molecule has 0 atom stereocenters. The van der Waals surface area contributed by atoms with E-state index in [-0.39, 0.29) is 25.0 Å². The minimum atomic E-state index is -0.168. The van der Waals surface area contributed by atoms with Gasteiger partial charge in [-0.15, -0.1) is 0 Å². The zero-order valence-electron chi connectivity index (χ0n) is 13.5. The number of hydrogen-bond acceptors (Lipinski definition) is 4. The van der Waals surface area contributed by atoms with Gasteiger partial charge in [0.15, 0.2) is 0 Å². The van der Waals surface area contributed by atoms with Crippen molar-refractivity contribution in [2.75, 3.05) is 26.8 Å². The summed E-state index contributed by atoms with van der Waals surface area (Å²) in [5.74, 6) is 0.550. The number of aromatic nitrogens is 2. The molecule has 0 radical (unpaired) electrons. The van der Waals surface area contributed by atoms with Gasteiger partial charge in [0.25, 0.3) is 0 Å². The summed E-state index contributed by atoms with van der Waals surface area (Å²) in [5.41, 5.74) is 1.76. The molecule has 0 aliphatic heterocycles. The fourth-order valence-corrected chi connectivity index (χ4v) is 2.39. The van der Waals surface area contributed by atoms with Crippen molar-refractivity contribution in [3.8, 4) is 0 Å². The minimum absolute atomic E-state index is 0.0370. The summed E-state index contributed by atoms with van der Waals surface area (Å²) in [6.45, 7) is 3.18. The Morgan fingerprint density at radius 1 is 1.22 bits per heavy atom. The van der Waals surface area contributed by atoms with Gasteiger partial charge in [-0.05, 0) is 19.1 Å². The predicted molar refractivity (Wildman–Crippen MR) is 87.0 cm³/mol. The van der Waals surface area contributed by atoms with Gasteiger partial charge in [-0.2, -0.15) is 0 Å². The van der Waals surface area contributed by atoms with Crippen molar-refractivity contribution in [2.24, 2.45) is 0 Å². The van der Waals surface area contributed by atoms with Gasteiger partial charge in [0, 0.05) is 26.6 Å². The summed E-state index contributed by atoms with van der Waals surface area (Å²) in [4.78, 5) is 27.9. The Morgan fingerprint density at radius 2 is 2.00 bits per heavy atom. The lowest BCUT2D eigenvalue weighted by molar-refractivity contribution is -0.124. The number of fused-ring (bicyclic) bond motifs is 1. The van der Waals surface area contributed by atoms with Crippen LogP contribution in [0.2, 0.25) is 0 Å². The normalized spacial score (nSPS) is 10.7. The molecule has 7 nitrogen and oxygen atoms in total. The molecule has 1 aromatic carbocycles. The predicted octanol–water partition coefficient (Wildman–Crippen LogP) is 0.478. The van der Waals surface area contributed by atoms with Crippen molar-refractivity contribution >= 4 is 22.8 Å². The molecule has 2 rings (SSSR count). The van der Waals surface area contributed by atoms with Crippen molar-refractivity contribution in [1.29, 1.82) is 0 Å². The molecule has 1 heterocycles. The lowest BCUT2D eigenvalue weighted by Crippen LogP contribution is -2.31. The zero-order chi connectivity index (χ0) is 16.7. The monoisotopic (exact) mass is 318 g/mol. The van der Waals surface area contributed by atoms with Crippen molar-refractivity contribution in [3.05, 3.63) is 30.1 Å². The average Bonchev–Trinajstić information content (AvgIpc) is 2.86. The van der Waals surface area contributed by atoms with Crippen LogP contribution in [0.25, 0.3) is 11.0 Å². The molecule has 23 heavy (non-hydrogen) atoms. The Hall–Kier alpha value is -2.41. The Bertz CT molecular complexity index is 681. The molecule has 2 amide bonds. The van der Waals surface area contributed by atoms with Gasteiger partial charge in [0.2, 0.25) is 11.8 Å². The number of carbonyl (C=O) groups excluding carboxylic acids is 2. The fraction of sp³-hybridized carbons (Fsp3) is 0.438. The van der Waals surface area contributed by atoms with E-state index in [1.807, 2.05) is 35.8 Å². The third-order valence-corrected chi connectivity index (χ3v) is 3.36. The number of benzene rings is 1.